The van der Waals surface area contributed by atoms with Crippen molar-refractivity contribution in [1.29, 1.82) is 0 Å². The second-order valence-corrected chi connectivity index (χ2v) is 10.4. The number of fused-ring (bicyclic) bond motifs is 1. The Labute approximate surface area is 246 Å². The lowest BCUT2D eigenvalue weighted by Crippen LogP contribution is -2.49. The van der Waals surface area contributed by atoms with Crippen molar-refractivity contribution in [3.63, 3.8) is 0 Å². The zero-order valence-corrected chi connectivity index (χ0v) is 24.0. The van der Waals surface area contributed by atoms with Crippen LogP contribution in [-0.2, 0) is 20.8 Å². The Kier molecular flexibility index (Phi) is 11.0. The minimum absolute atomic E-state index is 0.138. The number of benzene rings is 3. The third-order valence-electron chi connectivity index (χ3n) is 7.17. The number of aromatic amines is 1. The number of rotatable bonds is 15. The highest BCUT2D eigenvalue weighted by atomic mass is 16.2. The second kappa shape index (κ2) is 15.3. The maximum absolute atomic E-state index is 13.3. The molecule has 4 aromatic rings. The van der Waals surface area contributed by atoms with Crippen molar-refractivity contribution >= 4 is 34.4 Å². The molecule has 4 rings (SSSR count). The number of Topliss-reactive ketones (excluding diaryl/α,β-unsaturated/α-hetero) is 1. The average molecular weight is 567 g/mol. The summed E-state index contributed by atoms with van der Waals surface area (Å²) in [7, 11) is 0. The van der Waals surface area contributed by atoms with E-state index in [4.69, 9.17) is 0 Å². The fraction of sp³-hybridized carbons (Fsp3) is 0.294. The molecule has 42 heavy (non-hydrogen) atoms. The third kappa shape index (κ3) is 8.64. The number of hydrogen-bond acceptors (Lipinski definition) is 4. The molecule has 3 amide bonds. The van der Waals surface area contributed by atoms with E-state index >= 15 is 0 Å². The van der Waals surface area contributed by atoms with E-state index in [1.807, 2.05) is 42.5 Å². The van der Waals surface area contributed by atoms with Crippen LogP contribution in [0.25, 0.3) is 22.2 Å². The maximum Gasteiger partial charge on any atom is 0.251 e. The van der Waals surface area contributed by atoms with Crippen molar-refractivity contribution < 1.29 is 19.2 Å². The molecule has 0 fully saturated rings. The highest BCUT2D eigenvalue weighted by Crippen LogP contribution is 2.30. The van der Waals surface area contributed by atoms with Gasteiger partial charge in [0.15, 0.2) is 0 Å². The van der Waals surface area contributed by atoms with E-state index in [9.17, 15) is 19.2 Å². The fourth-order valence-electron chi connectivity index (χ4n) is 5.01. The molecule has 0 aliphatic carbocycles. The van der Waals surface area contributed by atoms with E-state index in [-0.39, 0.29) is 24.1 Å². The number of hydrogen-bond donors (Lipinski definition) is 4. The van der Waals surface area contributed by atoms with Crippen LogP contribution < -0.4 is 16.0 Å². The summed E-state index contributed by atoms with van der Waals surface area (Å²) in [6.45, 7) is 1.72. The van der Waals surface area contributed by atoms with Gasteiger partial charge in [-0.05, 0) is 55.5 Å². The summed E-state index contributed by atoms with van der Waals surface area (Å²) in [4.78, 5) is 53.2. The number of para-hydroxylation sites is 1. The fourth-order valence-corrected chi connectivity index (χ4v) is 5.01. The zero-order chi connectivity index (χ0) is 29.7. The van der Waals surface area contributed by atoms with Gasteiger partial charge in [-0.15, -0.1) is 0 Å². The monoisotopic (exact) mass is 566 g/mol. The standard InChI is InChI=1S/C34H38N4O4/c1-24(39)13-5-2-10-20-30(37-31(40)23-36-33(41)26-16-8-4-9-17-26)34(42)35-22-21-28-27-18-11-12-19-29(27)38-32(28)25-14-6-3-7-15-25/h3-4,6-9,11-12,14-19,30,38H,2,5,10,13,20-23H2,1H3,(H,35,42)(H,36,41)(H,37,40)/t30-/m0/s1. The van der Waals surface area contributed by atoms with Crippen LogP contribution in [0.15, 0.2) is 84.9 Å². The molecule has 1 atom stereocenters. The number of aromatic nitrogens is 1. The van der Waals surface area contributed by atoms with Crippen molar-refractivity contribution in [2.24, 2.45) is 0 Å². The Morgan fingerprint density at radius 1 is 0.786 bits per heavy atom. The summed E-state index contributed by atoms with van der Waals surface area (Å²) in [6, 6.07) is 26.1. The van der Waals surface area contributed by atoms with Crippen molar-refractivity contribution in [2.45, 2.75) is 51.5 Å². The molecule has 8 nitrogen and oxygen atoms in total. The summed E-state index contributed by atoms with van der Waals surface area (Å²) in [5.74, 6) is -0.931. The molecule has 8 heteroatoms. The van der Waals surface area contributed by atoms with Gasteiger partial charge in [0.25, 0.3) is 5.91 Å². The van der Waals surface area contributed by atoms with Crippen molar-refractivity contribution in [1.82, 2.24) is 20.9 Å². The smallest absolute Gasteiger partial charge is 0.251 e. The lowest BCUT2D eigenvalue weighted by atomic mass is 10.0. The van der Waals surface area contributed by atoms with Crippen LogP contribution in [0.5, 0.6) is 0 Å². The molecule has 1 heterocycles. The first-order chi connectivity index (χ1) is 20.4. The summed E-state index contributed by atoms with van der Waals surface area (Å²) >= 11 is 0. The molecule has 1 aromatic heterocycles. The normalized spacial score (nSPS) is 11.5. The predicted octanol–water partition coefficient (Wildman–Crippen LogP) is 4.95. The Hall–Kier alpha value is -4.72. The number of amides is 3. The van der Waals surface area contributed by atoms with Gasteiger partial charge in [0, 0.05) is 35.1 Å². The van der Waals surface area contributed by atoms with E-state index in [0.29, 0.717) is 37.8 Å². The van der Waals surface area contributed by atoms with E-state index in [2.05, 4.69) is 39.1 Å². The minimum Gasteiger partial charge on any atom is -0.354 e. The molecule has 0 aliphatic heterocycles. The molecule has 0 unspecified atom stereocenters. The number of H-pyrrole nitrogens is 1. The molecule has 0 spiro atoms. The van der Waals surface area contributed by atoms with Gasteiger partial charge in [0.05, 0.1) is 6.54 Å². The van der Waals surface area contributed by atoms with E-state index in [0.717, 1.165) is 40.6 Å². The second-order valence-electron chi connectivity index (χ2n) is 10.4. The van der Waals surface area contributed by atoms with Gasteiger partial charge in [-0.25, -0.2) is 0 Å². The molecule has 0 bridgehead atoms. The van der Waals surface area contributed by atoms with Crippen LogP contribution >= 0.6 is 0 Å². The van der Waals surface area contributed by atoms with E-state index in [1.165, 1.54) is 0 Å². The van der Waals surface area contributed by atoms with Crippen LogP contribution in [0, 0.1) is 0 Å². The molecule has 218 valence electrons. The summed E-state index contributed by atoms with van der Waals surface area (Å²) in [6.07, 6.45) is 3.75. The third-order valence-corrected chi connectivity index (χ3v) is 7.17. The molecule has 3 aromatic carbocycles. The molecule has 0 aliphatic rings. The molecular formula is C34H38N4O4. The van der Waals surface area contributed by atoms with Crippen molar-refractivity contribution in [3.8, 4) is 11.3 Å². The topological polar surface area (TPSA) is 120 Å². The lowest BCUT2D eigenvalue weighted by Gasteiger charge is -2.19. The molecule has 0 saturated heterocycles. The lowest BCUT2D eigenvalue weighted by molar-refractivity contribution is -0.128. The average Bonchev–Trinajstić information content (AvgIpc) is 3.38. The Balaban J connectivity index is 1.38. The quantitative estimate of drug-likeness (QED) is 0.152. The Bertz CT molecular complexity index is 1500. The van der Waals surface area contributed by atoms with Gasteiger partial charge >= 0.3 is 0 Å². The molecule has 4 N–H and O–H groups in total. The van der Waals surface area contributed by atoms with E-state index in [1.54, 1.807) is 31.2 Å². The SMILES string of the molecule is CC(=O)CCCCC[C@H](NC(=O)CNC(=O)c1ccccc1)C(=O)NCCc1c(-c2ccccc2)[nH]c2ccccc12. The minimum atomic E-state index is -0.750. The van der Waals surface area contributed by atoms with Gasteiger partial charge in [0.2, 0.25) is 11.8 Å². The number of carbonyl (C=O) groups is 4. The predicted molar refractivity (Wildman–Crippen MR) is 165 cm³/mol. The van der Waals surface area contributed by atoms with Crippen LogP contribution in [0.1, 0.15) is 54.9 Å². The number of nitrogens with one attached hydrogen (secondary N) is 4. The summed E-state index contributed by atoms with van der Waals surface area (Å²) in [5, 5.41) is 9.52. The van der Waals surface area contributed by atoms with E-state index < -0.39 is 11.9 Å². The Morgan fingerprint density at radius 2 is 1.48 bits per heavy atom. The van der Waals surface area contributed by atoms with Gasteiger partial charge in [-0.3, -0.25) is 14.4 Å². The number of unbranched alkanes of at least 4 members (excludes halogenated alkanes) is 2. The maximum atomic E-state index is 13.3. The number of carbonyl (C=O) groups excluding carboxylic acids is 4. The largest absolute Gasteiger partial charge is 0.354 e. The van der Waals surface area contributed by atoms with Gasteiger partial charge in [-0.1, -0.05) is 79.6 Å². The zero-order valence-electron chi connectivity index (χ0n) is 24.0. The van der Waals surface area contributed by atoms with Gasteiger partial charge < -0.3 is 25.7 Å². The van der Waals surface area contributed by atoms with Gasteiger partial charge in [0.1, 0.15) is 11.8 Å². The molecule has 0 radical (unpaired) electrons. The van der Waals surface area contributed by atoms with Crippen molar-refractivity contribution in [2.75, 3.05) is 13.1 Å². The highest BCUT2D eigenvalue weighted by Gasteiger charge is 2.21. The van der Waals surface area contributed by atoms with Crippen LogP contribution in [0.4, 0.5) is 0 Å². The summed E-state index contributed by atoms with van der Waals surface area (Å²) in [5.41, 5.74) is 4.70. The first-order valence-electron chi connectivity index (χ1n) is 14.5. The Morgan fingerprint density at radius 3 is 2.21 bits per heavy atom. The first kappa shape index (κ1) is 30.2. The first-order valence-corrected chi connectivity index (χ1v) is 14.5. The van der Waals surface area contributed by atoms with Crippen molar-refractivity contribution in [3.05, 3.63) is 96.1 Å². The van der Waals surface area contributed by atoms with Crippen LogP contribution in [0.3, 0.4) is 0 Å². The van der Waals surface area contributed by atoms with Gasteiger partial charge in [-0.2, -0.15) is 0 Å². The van der Waals surface area contributed by atoms with Crippen LogP contribution in [-0.4, -0.2) is 47.6 Å². The number of ketones is 1. The van der Waals surface area contributed by atoms with Crippen LogP contribution in [0.2, 0.25) is 0 Å². The molecular weight excluding hydrogens is 528 g/mol. The molecule has 0 saturated carbocycles. The highest BCUT2D eigenvalue weighted by molar-refractivity contribution is 5.97. The summed E-state index contributed by atoms with van der Waals surface area (Å²) < 4.78 is 0.